The van der Waals surface area contributed by atoms with E-state index in [0.717, 1.165) is 6.42 Å². The largest absolute Gasteiger partial charge is 0.0769 e. The summed E-state index contributed by atoms with van der Waals surface area (Å²) >= 11 is 0. The van der Waals surface area contributed by atoms with Crippen molar-refractivity contribution < 1.29 is 0 Å². The first-order valence-electron chi connectivity index (χ1n) is 10.8. The van der Waals surface area contributed by atoms with Crippen LogP contribution in [-0.2, 0) is 10.8 Å². The van der Waals surface area contributed by atoms with Crippen LogP contribution in [0.15, 0.2) is 59.2 Å². The van der Waals surface area contributed by atoms with Crippen LogP contribution >= 0.6 is 0 Å². The Kier molecular flexibility index (Phi) is 3.67. The normalized spacial score (nSPS) is 18.6. The van der Waals surface area contributed by atoms with E-state index in [-0.39, 0.29) is 10.8 Å². The number of rotatable bonds is 1. The van der Waals surface area contributed by atoms with Crippen molar-refractivity contribution >= 4 is 0 Å². The number of benzene rings is 2. The molecule has 1 fully saturated rings. The molecule has 0 amide bonds. The fourth-order valence-electron chi connectivity index (χ4n) is 5.20. The summed E-state index contributed by atoms with van der Waals surface area (Å²) in [6, 6.07) is 14.5. The first kappa shape index (κ1) is 18.0. The van der Waals surface area contributed by atoms with Gasteiger partial charge < -0.3 is 0 Å². The van der Waals surface area contributed by atoms with Crippen LogP contribution in [0.2, 0.25) is 0 Å². The second kappa shape index (κ2) is 5.72. The third kappa shape index (κ3) is 2.57. The van der Waals surface area contributed by atoms with Gasteiger partial charge in [-0.15, -0.1) is 0 Å². The molecule has 0 radical (unpaired) electrons. The van der Waals surface area contributed by atoms with E-state index in [2.05, 4.69) is 84.0 Å². The molecule has 0 bridgehead atoms. The molecule has 2 aromatic carbocycles. The van der Waals surface area contributed by atoms with Gasteiger partial charge in [-0.2, -0.15) is 0 Å². The molecule has 0 heteroatoms. The monoisotopic (exact) mass is 368 g/mol. The van der Waals surface area contributed by atoms with Gasteiger partial charge in [0.15, 0.2) is 0 Å². The molecule has 0 spiro atoms. The van der Waals surface area contributed by atoms with Crippen LogP contribution in [-0.4, -0.2) is 0 Å². The molecule has 1 saturated carbocycles. The van der Waals surface area contributed by atoms with E-state index < -0.39 is 0 Å². The highest BCUT2D eigenvalue weighted by Crippen LogP contribution is 2.55. The van der Waals surface area contributed by atoms with Crippen molar-refractivity contribution in [1.82, 2.24) is 0 Å². The van der Waals surface area contributed by atoms with E-state index in [0.29, 0.717) is 5.92 Å². The van der Waals surface area contributed by atoms with E-state index in [9.17, 15) is 0 Å². The van der Waals surface area contributed by atoms with Crippen LogP contribution in [0.4, 0.5) is 0 Å². The summed E-state index contributed by atoms with van der Waals surface area (Å²) in [6.45, 7) is 14.0. The van der Waals surface area contributed by atoms with Crippen LogP contribution in [0, 0.1) is 0 Å². The topological polar surface area (TPSA) is 0 Å². The summed E-state index contributed by atoms with van der Waals surface area (Å²) in [4.78, 5) is 0. The number of allylic oxidation sites excluding steroid dienone is 4. The van der Waals surface area contributed by atoms with Crippen molar-refractivity contribution in [1.29, 1.82) is 0 Å². The Morgan fingerprint density at radius 1 is 0.714 bits per heavy atom. The Morgan fingerprint density at radius 3 is 1.64 bits per heavy atom. The molecule has 0 heterocycles. The molecule has 0 unspecified atom stereocenters. The predicted octanol–water partition coefficient (Wildman–Crippen LogP) is 7.81. The van der Waals surface area contributed by atoms with E-state index >= 15 is 0 Å². The van der Waals surface area contributed by atoms with Gasteiger partial charge in [0.25, 0.3) is 0 Å². The zero-order chi connectivity index (χ0) is 19.8. The first-order chi connectivity index (χ1) is 13.1. The van der Waals surface area contributed by atoms with Crippen LogP contribution in [0.25, 0.3) is 11.1 Å². The van der Waals surface area contributed by atoms with Gasteiger partial charge in [-0.3, -0.25) is 0 Å². The standard InChI is InChI=1S/C28H32/c1-27(2,3)18-9-13-21-22-14-10-19(28(4,5)6)16-25(22)26(24(21)15-18)23-12-8-17-7-11-20(17)23/h8-10,13-16,26H,7,11-12H2,1-6H3. The Labute approximate surface area is 170 Å². The molecule has 0 nitrogen and oxygen atoms in total. The summed E-state index contributed by atoms with van der Waals surface area (Å²) in [5.74, 6) is 0.443. The molecular formula is C28H32. The molecule has 0 aromatic heterocycles. The van der Waals surface area contributed by atoms with Crippen molar-refractivity contribution in [2.24, 2.45) is 0 Å². The van der Waals surface area contributed by atoms with Gasteiger partial charge in [0.2, 0.25) is 0 Å². The fourth-order valence-corrected chi connectivity index (χ4v) is 5.20. The summed E-state index contributed by atoms with van der Waals surface area (Å²) in [7, 11) is 0. The van der Waals surface area contributed by atoms with E-state index in [4.69, 9.17) is 0 Å². The van der Waals surface area contributed by atoms with Crippen LogP contribution in [0.1, 0.15) is 89.0 Å². The average Bonchev–Trinajstić information content (AvgIpc) is 3.05. The van der Waals surface area contributed by atoms with Gasteiger partial charge in [0.1, 0.15) is 0 Å². The van der Waals surface area contributed by atoms with Crippen LogP contribution < -0.4 is 0 Å². The molecular weight excluding hydrogens is 336 g/mol. The second-order valence-corrected chi connectivity index (χ2v) is 11.0. The Balaban J connectivity index is 1.73. The second-order valence-electron chi connectivity index (χ2n) is 11.0. The van der Waals surface area contributed by atoms with Crippen molar-refractivity contribution in [2.75, 3.05) is 0 Å². The van der Waals surface area contributed by atoms with Crippen molar-refractivity contribution in [3.05, 3.63) is 81.4 Å². The summed E-state index contributed by atoms with van der Waals surface area (Å²) < 4.78 is 0. The van der Waals surface area contributed by atoms with Crippen LogP contribution in [0.5, 0.6) is 0 Å². The van der Waals surface area contributed by atoms with Gasteiger partial charge in [-0.25, -0.2) is 0 Å². The minimum absolute atomic E-state index is 0.179. The highest BCUT2D eigenvalue weighted by molar-refractivity contribution is 5.82. The first-order valence-corrected chi connectivity index (χ1v) is 10.8. The maximum atomic E-state index is 2.51. The minimum Gasteiger partial charge on any atom is -0.0769 e. The Bertz CT molecular complexity index is 981. The molecule has 3 aliphatic carbocycles. The molecule has 2 aromatic rings. The van der Waals surface area contributed by atoms with Crippen molar-refractivity contribution in [3.63, 3.8) is 0 Å². The number of fused-ring (bicyclic) bond motifs is 4. The van der Waals surface area contributed by atoms with Crippen molar-refractivity contribution in [2.45, 2.75) is 77.6 Å². The van der Waals surface area contributed by atoms with E-state index in [1.807, 2.05) is 0 Å². The molecule has 0 aliphatic heterocycles. The Morgan fingerprint density at radius 2 is 1.25 bits per heavy atom. The minimum atomic E-state index is 0.179. The lowest BCUT2D eigenvalue weighted by molar-refractivity contribution is 0.588. The summed E-state index contributed by atoms with van der Waals surface area (Å²) in [5.41, 5.74) is 14.2. The summed E-state index contributed by atoms with van der Waals surface area (Å²) in [6.07, 6.45) is 6.20. The van der Waals surface area contributed by atoms with E-state index in [1.54, 1.807) is 16.7 Å². The van der Waals surface area contributed by atoms with Gasteiger partial charge in [-0.1, -0.05) is 89.6 Å². The fraction of sp³-hybridized carbons (Fsp3) is 0.429. The molecule has 28 heavy (non-hydrogen) atoms. The lowest BCUT2D eigenvalue weighted by Crippen LogP contribution is -2.13. The SMILES string of the molecule is CC(C)(C)c1ccc2c(c1)C(C1=C3CCC3=CC1)c1cc(C(C)(C)C)ccc1-2. The van der Waals surface area contributed by atoms with Gasteiger partial charge in [0, 0.05) is 5.92 Å². The van der Waals surface area contributed by atoms with Crippen molar-refractivity contribution in [3.8, 4) is 11.1 Å². The van der Waals surface area contributed by atoms with Gasteiger partial charge >= 0.3 is 0 Å². The maximum absolute atomic E-state index is 2.51. The lowest BCUT2D eigenvalue weighted by Gasteiger charge is -2.27. The highest BCUT2D eigenvalue weighted by Gasteiger charge is 2.37. The Hall–Kier alpha value is -2.08. The zero-order valence-electron chi connectivity index (χ0n) is 18.2. The predicted molar refractivity (Wildman–Crippen MR) is 120 cm³/mol. The molecule has 144 valence electrons. The molecule has 5 rings (SSSR count). The number of hydrogen-bond donors (Lipinski definition) is 0. The maximum Gasteiger partial charge on any atom is 0.0320 e. The number of hydrogen-bond acceptors (Lipinski definition) is 0. The van der Waals surface area contributed by atoms with Crippen LogP contribution in [0.3, 0.4) is 0 Å². The van der Waals surface area contributed by atoms with E-state index in [1.165, 1.54) is 46.2 Å². The third-order valence-corrected chi connectivity index (χ3v) is 7.08. The molecule has 3 aliphatic rings. The highest BCUT2D eigenvalue weighted by atomic mass is 14.4. The average molecular weight is 369 g/mol. The van der Waals surface area contributed by atoms with Gasteiger partial charge in [-0.05, 0) is 74.6 Å². The lowest BCUT2D eigenvalue weighted by atomic mass is 9.77. The molecule has 0 N–H and O–H groups in total. The third-order valence-electron chi connectivity index (χ3n) is 7.08. The molecule has 0 atom stereocenters. The summed E-state index contributed by atoms with van der Waals surface area (Å²) in [5, 5.41) is 0. The quantitative estimate of drug-likeness (QED) is 0.481. The zero-order valence-corrected chi connectivity index (χ0v) is 18.2. The smallest absolute Gasteiger partial charge is 0.0320 e. The molecule has 0 saturated heterocycles. The van der Waals surface area contributed by atoms with Gasteiger partial charge in [0.05, 0.1) is 0 Å².